The Morgan fingerprint density at radius 1 is 1.52 bits per heavy atom. The Morgan fingerprint density at radius 2 is 2.24 bits per heavy atom. The maximum absolute atomic E-state index is 11.0. The van der Waals surface area contributed by atoms with E-state index in [1.807, 2.05) is 6.92 Å². The van der Waals surface area contributed by atoms with E-state index in [9.17, 15) is 9.90 Å². The summed E-state index contributed by atoms with van der Waals surface area (Å²) in [6.07, 6.45) is 8.62. The van der Waals surface area contributed by atoms with Crippen molar-refractivity contribution in [3.8, 4) is 0 Å². The third-order valence-electron chi connectivity index (χ3n) is 4.40. The van der Waals surface area contributed by atoms with Gasteiger partial charge in [-0.3, -0.25) is 0 Å². The van der Waals surface area contributed by atoms with Crippen molar-refractivity contribution in [1.29, 1.82) is 0 Å². The Bertz CT molecular complexity index is 510. The summed E-state index contributed by atoms with van der Waals surface area (Å²) in [6.45, 7) is 5.98. The van der Waals surface area contributed by atoms with Crippen molar-refractivity contribution < 1.29 is 15.0 Å². The average molecular weight is 291 g/mol. The van der Waals surface area contributed by atoms with Gasteiger partial charge in [0, 0.05) is 12.1 Å². The van der Waals surface area contributed by atoms with E-state index in [4.69, 9.17) is 5.11 Å². The third kappa shape index (κ3) is 3.83. The first-order valence-electron chi connectivity index (χ1n) is 7.55. The molecule has 2 aliphatic rings. The highest BCUT2D eigenvalue weighted by atomic mass is 16.4. The van der Waals surface area contributed by atoms with Crippen LogP contribution < -0.4 is 5.32 Å². The van der Waals surface area contributed by atoms with Crippen LogP contribution in [0.25, 0.3) is 0 Å². The van der Waals surface area contributed by atoms with Crippen molar-refractivity contribution in [2.45, 2.75) is 64.1 Å². The van der Waals surface area contributed by atoms with Gasteiger partial charge in [-0.05, 0) is 52.5 Å². The molecule has 0 aromatic heterocycles. The van der Waals surface area contributed by atoms with Gasteiger partial charge >= 0.3 is 5.97 Å². The second kappa shape index (κ2) is 6.16. The highest BCUT2D eigenvalue weighted by Crippen LogP contribution is 2.34. The van der Waals surface area contributed by atoms with Crippen LogP contribution in [0.5, 0.6) is 0 Å². The molecule has 4 nitrogen and oxygen atoms in total. The van der Waals surface area contributed by atoms with Gasteiger partial charge in [-0.2, -0.15) is 0 Å². The minimum Gasteiger partial charge on any atom is -0.478 e. The Balaban J connectivity index is 2.01. The monoisotopic (exact) mass is 291 g/mol. The smallest absolute Gasteiger partial charge is 0.335 e. The molecule has 4 heteroatoms. The molecule has 3 atom stereocenters. The molecule has 1 aliphatic heterocycles. The van der Waals surface area contributed by atoms with Gasteiger partial charge < -0.3 is 15.5 Å². The van der Waals surface area contributed by atoms with Crippen molar-refractivity contribution in [3.63, 3.8) is 0 Å². The fraction of sp³-hybridized carbons (Fsp3) is 0.588. The number of rotatable bonds is 5. The summed E-state index contributed by atoms with van der Waals surface area (Å²) in [6, 6.07) is 0.161. The molecule has 116 valence electrons. The van der Waals surface area contributed by atoms with Crippen molar-refractivity contribution >= 4 is 5.97 Å². The van der Waals surface area contributed by atoms with Crippen LogP contribution in [0.3, 0.4) is 0 Å². The van der Waals surface area contributed by atoms with Crippen LogP contribution in [0.2, 0.25) is 0 Å². The number of carboxylic acid groups (broad SMARTS) is 1. The maximum atomic E-state index is 11.0. The number of carbonyl (C=O) groups is 1. The third-order valence-corrected chi connectivity index (χ3v) is 4.40. The molecule has 2 rings (SSSR count). The Kier molecular flexibility index (Phi) is 4.69. The summed E-state index contributed by atoms with van der Waals surface area (Å²) < 4.78 is 0. The lowest BCUT2D eigenvalue weighted by atomic mass is 9.88. The van der Waals surface area contributed by atoms with E-state index in [-0.39, 0.29) is 12.1 Å². The van der Waals surface area contributed by atoms with E-state index in [1.165, 1.54) is 5.57 Å². The number of nitrogens with one attached hydrogen (secondary N) is 1. The van der Waals surface area contributed by atoms with Crippen LogP contribution in [-0.4, -0.2) is 33.9 Å². The van der Waals surface area contributed by atoms with Crippen LogP contribution >= 0.6 is 0 Å². The molecule has 0 saturated carbocycles. The largest absolute Gasteiger partial charge is 0.478 e. The summed E-state index contributed by atoms with van der Waals surface area (Å²) >= 11 is 0. The highest BCUT2D eigenvalue weighted by Gasteiger charge is 2.40. The van der Waals surface area contributed by atoms with Crippen LogP contribution in [0.4, 0.5) is 0 Å². The molecule has 3 N–H and O–H groups in total. The zero-order valence-corrected chi connectivity index (χ0v) is 13.0. The number of hydrogen-bond donors (Lipinski definition) is 3. The number of allylic oxidation sites excluding steroid dienone is 2. The first kappa shape index (κ1) is 16.0. The number of aliphatic carboxylic acids is 1. The topological polar surface area (TPSA) is 69.6 Å². The molecule has 0 bridgehead atoms. The van der Waals surface area contributed by atoms with Gasteiger partial charge in [0.2, 0.25) is 0 Å². The van der Waals surface area contributed by atoms with Gasteiger partial charge in [0.15, 0.2) is 0 Å². The predicted molar refractivity (Wildman–Crippen MR) is 83.0 cm³/mol. The fourth-order valence-electron chi connectivity index (χ4n) is 3.04. The molecule has 1 unspecified atom stereocenters. The van der Waals surface area contributed by atoms with Crippen molar-refractivity contribution in [3.05, 3.63) is 34.9 Å². The molecule has 0 aromatic carbocycles. The molecular weight excluding hydrogens is 266 g/mol. The molecule has 1 fully saturated rings. The molecule has 1 heterocycles. The summed E-state index contributed by atoms with van der Waals surface area (Å²) in [5.74, 6) is -0.875. The molecule has 1 saturated heterocycles. The molecule has 0 radical (unpaired) electrons. The zero-order chi connectivity index (χ0) is 15.6. The Labute approximate surface area is 126 Å². The number of hydrogen-bond acceptors (Lipinski definition) is 3. The first-order chi connectivity index (χ1) is 9.79. The second-order valence-electron chi connectivity index (χ2n) is 6.57. The van der Waals surface area contributed by atoms with Gasteiger partial charge in [-0.25, -0.2) is 4.79 Å². The molecule has 0 amide bonds. The van der Waals surface area contributed by atoms with E-state index in [1.54, 1.807) is 12.2 Å². The number of fused-ring (bicyclic) bond motifs is 1. The Morgan fingerprint density at radius 3 is 2.86 bits per heavy atom. The lowest BCUT2D eigenvalue weighted by Crippen LogP contribution is -2.47. The SMILES string of the molecule is CC(C)=CCC[C@](C)(O)[C@H]1CC2=CC(C(=O)O)=CCC2N1. The van der Waals surface area contributed by atoms with Crippen LogP contribution in [-0.2, 0) is 4.79 Å². The van der Waals surface area contributed by atoms with E-state index in [2.05, 4.69) is 25.2 Å². The molecular formula is C17H25NO3. The normalized spacial score (nSPS) is 27.2. The molecule has 0 aromatic rings. The van der Waals surface area contributed by atoms with E-state index < -0.39 is 11.6 Å². The first-order valence-corrected chi connectivity index (χ1v) is 7.55. The van der Waals surface area contributed by atoms with Gasteiger partial charge in [0.25, 0.3) is 0 Å². The Hall–Kier alpha value is -1.39. The summed E-state index contributed by atoms with van der Waals surface area (Å²) in [5, 5.41) is 23.2. The van der Waals surface area contributed by atoms with Gasteiger partial charge in [-0.1, -0.05) is 23.3 Å². The van der Waals surface area contributed by atoms with Crippen molar-refractivity contribution in [2.24, 2.45) is 0 Å². The van der Waals surface area contributed by atoms with E-state index in [0.29, 0.717) is 18.4 Å². The second-order valence-corrected chi connectivity index (χ2v) is 6.57. The number of aliphatic hydroxyl groups is 1. The lowest BCUT2D eigenvalue weighted by Gasteiger charge is -2.30. The quantitative estimate of drug-likeness (QED) is 0.681. The van der Waals surface area contributed by atoms with Crippen LogP contribution in [0, 0.1) is 0 Å². The molecule has 1 aliphatic carbocycles. The highest BCUT2D eigenvalue weighted by molar-refractivity contribution is 5.90. The minimum atomic E-state index is -0.875. The van der Waals surface area contributed by atoms with Gasteiger partial charge in [0.05, 0.1) is 11.2 Å². The van der Waals surface area contributed by atoms with Gasteiger partial charge in [0.1, 0.15) is 0 Å². The summed E-state index contributed by atoms with van der Waals surface area (Å²) in [7, 11) is 0. The zero-order valence-electron chi connectivity index (χ0n) is 13.0. The predicted octanol–water partition coefficient (Wildman–Crippen LogP) is 2.56. The number of carboxylic acids is 1. The van der Waals surface area contributed by atoms with Gasteiger partial charge in [-0.15, -0.1) is 0 Å². The lowest BCUT2D eigenvalue weighted by molar-refractivity contribution is -0.132. The van der Waals surface area contributed by atoms with E-state index >= 15 is 0 Å². The fourth-order valence-corrected chi connectivity index (χ4v) is 3.04. The average Bonchev–Trinajstić information content (AvgIpc) is 2.81. The summed E-state index contributed by atoms with van der Waals surface area (Å²) in [4.78, 5) is 11.0. The molecule has 21 heavy (non-hydrogen) atoms. The summed E-state index contributed by atoms with van der Waals surface area (Å²) in [5.41, 5.74) is 1.94. The van der Waals surface area contributed by atoms with Crippen molar-refractivity contribution in [1.82, 2.24) is 5.32 Å². The van der Waals surface area contributed by atoms with Crippen LogP contribution in [0.1, 0.15) is 46.5 Å². The van der Waals surface area contributed by atoms with E-state index in [0.717, 1.165) is 18.4 Å². The molecule has 0 spiro atoms. The van der Waals surface area contributed by atoms with Crippen molar-refractivity contribution in [2.75, 3.05) is 0 Å². The van der Waals surface area contributed by atoms with Crippen LogP contribution in [0.15, 0.2) is 34.9 Å². The maximum Gasteiger partial charge on any atom is 0.335 e. The standard InChI is InChI=1S/C17H25NO3/c1-11(2)5-4-8-17(3,21)15-10-13-9-12(16(19)20)6-7-14(13)18-15/h5-6,9,14-15,18,21H,4,7-8,10H2,1-3H3,(H,19,20)/t14?,15-,17+/m1/s1. The minimum absolute atomic E-state index is 0.0131.